The second-order valence-corrected chi connectivity index (χ2v) is 5.61. The summed E-state index contributed by atoms with van der Waals surface area (Å²) >= 11 is 0. The number of benzene rings is 1. The zero-order chi connectivity index (χ0) is 18.6. The molecule has 1 aromatic rings. The van der Waals surface area contributed by atoms with Gasteiger partial charge in [0, 0.05) is 24.4 Å². The Morgan fingerprint density at radius 2 is 1.96 bits per heavy atom. The summed E-state index contributed by atoms with van der Waals surface area (Å²) in [6, 6.07) is 4.72. The molecule has 0 bridgehead atoms. The molecule has 0 fully saturated rings. The maximum atomic E-state index is 12.5. The van der Waals surface area contributed by atoms with E-state index in [0.29, 0.717) is 29.8 Å². The molecule has 1 aliphatic rings. The summed E-state index contributed by atoms with van der Waals surface area (Å²) in [5.74, 6) is -0.499. The maximum absolute atomic E-state index is 12.5. The molecule has 0 saturated heterocycles. The van der Waals surface area contributed by atoms with Crippen molar-refractivity contribution in [1.82, 2.24) is 10.2 Å². The number of hydrogen-bond acceptors (Lipinski definition) is 5. The molecule has 0 spiro atoms. The number of allylic oxidation sites excluding steroid dienone is 1. The number of urea groups is 1. The van der Waals surface area contributed by atoms with E-state index in [2.05, 4.69) is 5.32 Å². The fraction of sp³-hybridized carbons (Fsp3) is 0.412. The average Bonchev–Trinajstić information content (AvgIpc) is 2.59. The van der Waals surface area contributed by atoms with Crippen LogP contribution in [0.5, 0.6) is 0 Å². The van der Waals surface area contributed by atoms with Crippen LogP contribution in [0.1, 0.15) is 38.8 Å². The fourth-order valence-electron chi connectivity index (χ4n) is 2.74. The Balaban J connectivity index is 2.45. The molecule has 8 heteroatoms. The van der Waals surface area contributed by atoms with E-state index in [1.165, 1.54) is 29.2 Å². The highest BCUT2D eigenvalue weighted by Crippen LogP contribution is 2.32. The number of non-ortho nitro benzene ring substituents is 1. The highest BCUT2D eigenvalue weighted by Gasteiger charge is 2.35. The quantitative estimate of drug-likeness (QED) is 0.484. The van der Waals surface area contributed by atoms with Crippen molar-refractivity contribution < 1.29 is 19.2 Å². The summed E-state index contributed by atoms with van der Waals surface area (Å²) in [4.78, 5) is 36.6. The van der Waals surface area contributed by atoms with Crippen LogP contribution in [0.4, 0.5) is 10.5 Å². The van der Waals surface area contributed by atoms with Crippen LogP contribution in [0, 0.1) is 10.1 Å². The minimum atomic E-state index is -0.708. The van der Waals surface area contributed by atoms with Gasteiger partial charge in [0.2, 0.25) is 0 Å². The first-order valence-electron chi connectivity index (χ1n) is 8.10. The van der Waals surface area contributed by atoms with Crippen LogP contribution in [0.25, 0.3) is 0 Å². The number of nitro groups is 1. The molecule has 0 aromatic heterocycles. The first kappa shape index (κ1) is 18.4. The SMILES string of the molecule is CCCOC(=O)C1=C(C)N(CC)C(=O)N[C@@H]1c1ccc([N+](=O)[O-])cc1. The zero-order valence-corrected chi connectivity index (χ0v) is 14.4. The number of hydrogen-bond donors (Lipinski definition) is 1. The van der Waals surface area contributed by atoms with Gasteiger partial charge in [-0.1, -0.05) is 6.92 Å². The van der Waals surface area contributed by atoms with Gasteiger partial charge < -0.3 is 10.1 Å². The lowest BCUT2D eigenvalue weighted by molar-refractivity contribution is -0.384. The second-order valence-electron chi connectivity index (χ2n) is 5.61. The minimum absolute atomic E-state index is 0.0584. The lowest BCUT2D eigenvalue weighted by Crippen LogP contribution is -2.47. The average molecular weight is 347 g/mol. The first-order chi connectivity index (χ1) is 11.9. The largest absolute Gasteiger partial charge is 0.462 e. The van der Waals surface area contributed by atoms with E-state index >= 15 is 0 Å². The number of nitrogens with one attached hydrogen (secondary N) is 1. The van der Waals surface area contributed by atoms with E-state index in [9.17, 15) is 19.7 Å². The van der Waals surface area contributed by atoms with Crippen molar-refractivity contribution in [3.8, 4) is 0 Å². The van der Waals surface area contributed by atoms with E-state index in [1.54, 1.807) is 6.92 Å². The Morgan fingerprint density at radius 3 is 2.48 bits per heavy atom. The summed E-state index contributed by atoms with van der Waals surface area (Å²) in [6.07, 6.45) is 0.685. The van der Waals surface area contributed by atoms with Crippen molar-refractivity contribution in [2.75, 3.05) is 13.2 Å². The van der Waals surface area contributed by atoms with Crippen molar-refractivity contribution in [2.24, 2.45) is 0 Å². The molecule has 0 radical (unpaired) electrons. The molecule has 1 aliphatic heterocycles. The summed E-state index contributed by atoms with van der Waals surface area (Å²) < 4.78 is 5.26. The molecule has 8 nitrogen and oxygen atoms in total. The molecule has 0 saturated carbocycles. The highest BCUT2D eigenvalue weighted by molar-refractivity contribution is 5.95. The van der Waals surface area contributed by atoms with Gasteiger partial charge in [-0.05, 0) is 38.0 Å². The molecule has 0 aliphatic carbocycles. The number of nitrogens with zero attached hydrogens (tertiary/aromatic N) is 2. The summed E-state index contributed by atoms with van der Waals surface area (Å²) in [5, 5.41) is 13.6. The van der Waals surface area contributed by atoms with Crippen molar-refractivity contribution in [3.05, 3.63) is 51.2 Å². The van der Waals surface area contributed by atoms with Gasteiger partial charge in [-0.3, -0.25) is 15.0 Å². The normalized spacial score (nSPS) is 17.3. The van der Waals surface area contributed by atoms with Crippen molar-refractivity contribution >= 4 is 17.7 Å². The van der Waals surface area contributed by atoms with Gasteiger partial charge in [-0.15, -0.1) is 0 Å². The predicted octanol–water partition coefficient (Wildman–Crippen LogP) is 2.91. The third kappa shape index (κ3) is 3.78. The minimum Gasteiger partial charge on any atom is -0.462 e. The Bertz CT molecular complexity index is 711. The van der Waals surface area contributed by atoms with Crippen LogP contribution in [-0.2, 0) is 9.53 Å². The standard InChI is InChI=1S/C17H21N3O5/c1-4-10-25-16(21)14-11(3)19(5-2)17(22)18-15(14)12-6-8-13(9-7-12)20(23)24/h6-9,15H,4-5,10H2,1-3H3,(H,18,22)/t15-/m1/s1. The van der Waals surface area contributed by atoms with Crippen LogP contribution in [0.15, 0.2) is 35.5 Å². The van der Waals surface area contributed by atoms with E-state index in [4.69, 9.17) is 4.74 Å². The summed E-state index contributed by atoms with van der Waals surface area (Å²) in [6.45, 7) is 6.09. The third-order valence-electron chi connectivity index (χ3n) is 4.01. The lowest BCUT2D eigenvalue weighted by Gasteiger charge is -2.34. The third-order valence-corrected chi connectivity index (χ3v) is 4.01. The Morgan fingerprint density at radius 1 is 1.32 bits per heavy atom. The molecule has 25 heavy (non-hydrogen) atoms. The molecule has 2 rings (SSSR count). The smallest absolute Gasteiger partial charge is 0.338 e. The molecule has 134 valence electrons. The number of amides is 2. The molecule has 1 N–H and O–H groups in total. The summed E-state index contributed by atoms with van der Waals surface area (Å²) in [7, 11) is 0. The molecule has 1 atom stereocenters. The topological polar surface area (TPSA) is 102 Å². The van der Waals surface area contributed by atoms with Crippen molar-refractivity contribution in [2.45, 2.75) is 33.2 Å². The fourth-order valence-corrected chi connectivity index (χ4v) is 2.74. The van der Waals surface area contributed by atoms with Crippen molar-refractivity contribution in [3.63, 3.8) is 0 Å². The van der Waals surface area contributed by atoms with Crippen molar-refractivity contribution in [1.29, 1.82) is 0 Å². The molecule has 1 heterocycles. The Hall–Kier alpha value is -2.90. The van der Waals surface area contributed by atoms with Crippen LogP contribution < -0.4 is 5.32 Å². The molecule has 0 unspecified atom stereocenters. The van der Waals surface area contributed by atoms with Crippen LogP contribution >= 0.6 is 0 Å². The predicted molar refractivity (Wildman–Crippen MR) is 90.7 cm³/mol. The zero-order valence-electron chi connectivity index (χ0n) is 14.4. The number of esters is 1. The van der Waals surface area contributed by atoms with Gasteiger partial charge >= 0.3 is 12.0 Å². The molecular weight excluding hydrogens is 326 g/mol. The number of carbonyl (C=O) groups excluding carboxylic acids is 2. The Labute approximate surface area is 145 Å². The van der Waals surface area contributed by atoms with Gasteiger partial charge in [0.25, 0.3) is 5.69 Å². The van der Waals surface area contributed by atoms with Crippen LogP contribution in [0.2, 0.25) is 0 Å². The maximum Gasteiger partial charge on any atom is 0.338 e. The highest BCUT2D eigenvalue weighted by atomic mass is 16.6. The first-order valence-corrected chi connectivity index (χ1v) is 8.10. The monoisotopic (exact) mass is 347 g/mol. The number of ether oxygens (including phenoxy) is 1. The number of carbonyl (C=O) groups is 2. The second kappa shape index (κ2) is 7.78. The van der Waals surface area contributed by atoms with E-state index in [1.807, 2.05) is 13.8 Å². The number of rotatable bonds is 6. The van der Waals surface area contributed by atoms with E-state index < -0.39 is 16.9 Å². The molecule has 2 amide bonds. The van der Waals surface area contributed by atoms with Crippen LogP contribution in [0.3, 0.4) is 0 Å². The van der Waals surface area contributed by atoms with Crippen LogP contribution in [-0.4, -0.2) is 35.0 Å². The van der Waals surface area contributed by atoms with Gasteiger partial charge in [-0.25, -0.2) is 9.59 Å². The lowest BCUT2D eigenvalue weighted by atomic mass is 9.94. The molecular formula is C17H21N3O5. The summed E-state index contributed by atoms with van der Waals surface area (Å²) in [5.41, 5.74) is 1.38. The van der Waals surface area contributed by atoms with Gasteiger partial charge in [0.05, 0.1) is 23.1 Å². The van der Waals surface area contributed by atoms with Gasteiger partial charge in [0.1, 0.15) is 0 Å². The van der Waals surface area contributed by atoms with E-state index in [0.717, 1.165) is 0 Å². The molecule has 1 aromatic carbocycles. The van der Waals surface area contributed by atoms with Gasteiger partial charge in [-0.2, -0.15) is 0 Å². The van der Waals surface area contributed by atoms with Gasteiger partial charge in [0.15, 0.2) is 0 Å². The van der Waals surface area contributed by atoms with E-state index in [-0.39, 0.29) is 18.3 Å². The number of nitro benzene ring substituents is 1. The Kier molecular flexibility index (Phi) is 5.74.